The highest BCUT2D eigenvalue weighted by molar-refractivity contribution is 7.98. The Labute approximate surface area is 98.3 Å². The van der Waals surface area contributed by atoms with Crippen molar-refractivity contribution in [2.45, 2.75) is 58.2 Å². The van der Waals surface area contributed by atoms with Gasteiger partial charge in [-0.3, -0.25) is 0 Å². The van der Waals surface area contributed by atoms with Crippen LogP contribution in [0.3, 0.4) is 0 Å². The fourth-order valence-corrected chi connectivity index (χ4v) is 4.26. The molecule has 0 aromatic carbocycles. The number of thioether (sulfide) groups is 1. The monoisotopic (exact) mass is 228 g/mol. The van der Waals surface area contributed by atoms with Crippen LogP contribution in [-0.4, -0.2) is 24.2 Å². The Morgan fingerprint density at radius 2 is 1.80 bits per heavy atom. The van der Waals surface area contributed by atoms with E-state index in [9.17, 15) is 0 Å². The van der Waals surface area contributed by atoms with Crippen molar-refractivity contribution < 1.29 is 4.74 Å². The van der Waals surface area contributed by atoms with Crippen molar-refractivity contribution in [2.24, 2.45) is 11.3 Å². The first kappa shape index (κ1) is 11.8. The van der Waals surface area contributed by atoms with E-state index in [2.05, 4.69) is 20.1 Å². The lowest BCUT2D eigenvalue weighted by Gasteiger charge is -2.34. The van der Waals surface area contributed by atoms with Crippen molar-refractivity contribution in [1.29, 1.82) is 0 Å². The van der Waals surface area contributed by atoms with Crippen molar-refractivity contribution in [3.05, 3.63) is 0 Å². The zero-order valence-corrected chi connectivity index (χ0v) is 11.1. The van der Waals surface area contributed by atoms with Gasteiger partial charge >= 0.3 is 0 Å². The molecule has 2 unspecified atom stereocenters. The lowest BCUT2D eigenvalue weighted by molar-refractivity contribution is -0.0267. The first-order chi connectivity index (χ1) is 7.09. The zero-order chi connectivity index (χ0) is 10.9. The molecule has 2 rings (SSSR count). The minimum Gasteiger partial charge on any atom is -0.375 e. The predicted molar refractivity (Wildman–Crippen MR) is 67.4 cm³/mol. The fraction of sp³-hybridized carbons (Fsp3) is 1.00. The lowest BCUT2D eigenvalue weighted by atomic mass is 9.80. The van der Waals surface area contributed by atoms with Gasteiger partial charge in [0.25, 0.3) is 0 Å². The smallest absolute Gasteiger partial charge is 0.0582 e. The fourth-order valence-electron chi connectivity index (χ4n) is 3.36. The summed E-state index contributed by atoms with van der Waals surface area (Å²) in [7, 11) is 0. The van der Waals surface area contributed by atoms with Gasteiger partial charge in [0.2, 0.25) is 0 Å². The Kier molecular flexibility index (Phi) is 3.67. The Balaban J connectivity index is 1.84. The third-order valence-corrected chi connectivity index (χ3v) is 4.83. The number of hydrogen-bond acceptors (Lipinski definition) is 2. The van der Waals surface area contributed by atoms with Gasteiger partial charge in [-0.25, -0.2) is 0 Å². The normalized spacial score (nSPS) is 35.8. The molecule has 2 aliphatic rings. The zero-order valence-electron chi connectivity index (χ0n) is 10.3. The lowest BCUT2D eigenvalue weighted by Crippen LogP contribution is -2.29. The van der Waals surface area contributed by atoms with Gasteiger partial charge in [-0.15, -0.1) is 0 Å². The summed E-state index contributed by atoms with van der Waals surface area (Å²) in [5, 5.41) is 0. The third kappa shape index (κ3) is 3.13. The second kappa shape index (κ2) is 4.67. The molecule has 0 saturated carbocycles. The molecule has 0 amide bonds. The number of hydrogen-bond donors (Lipinski definition) is 0. The Hall–Kier alpha value is 0.310. The molecular weight excluding hydrogens is 204 g/mol. The molecule has 2 heterocycles. The standard InChI is InChI=1S/C13H24OS/c1-13(2,9-15-3)8-10-6-11-4-5-12(7-10)14-11/h10-12H,4-9H2,1-3H3. The average molecular weight is 228 g/mol. The van der Waals surface area contributed by atoms with Crippen molar-refractivity contribution in [1.82, 2.24) is 0 Å². The van der Waals surface area contributed by atoms with Crippen LogP contribution in [-0.2, 0) is 4.74 Å². The van der Waals surface area contributed by atoms with Crippen LogP contribution < -0.4 is 0 Å². The van der Waals surface area contributed by atoms with Gasteiger partial charge in [0.05, 0.1) is 12.2 Å². The quantitative estimate of drug-likeness (QED) is 0.725. The second-order valence-corrected chi connectivity index (χ2v) is 6.96. The van der Waals surface area contributed by atoms with E-state index in [1.165, 1.54) is 37.9 Å². The molecule has 0 aliphatic carbocycles. The van der Waals surface area contributed by atoms with E-state index < -0.39 is 0 Å². The molecule has 88 valence electrons. The minimum atomic E-state index is 0.515. The summed E-state index contributed by atoms with van der Waals surface area (Å²) in [6.07, 6.45) is 10.1. The van der Waals surface area contributed by atoms with Crippen LogP contribution in [0.1, 0.15) is 46.0 Å². The molecular formula is C13H24OS. The number of ether oxygens (including phenoxy) is 1. The van der Waals surface area contributed by atoms with Crippen LogP contribution in [0.4, 0.5) is 0 Å². The van der Waals surface area contributed by atoms with Crippen molar-refractivity contribution in [3.8, 4) is 0 Å². The maximum absolute atomic E-state index is 5.90. The van der Waals surface area contributed by atoms with Crippen LogP contribution >= 0.6 is 11.8 Å². The Morgan fingerprint density at radius 1 is 1.20 bits per heavy atom. The second-order valence-electron chi connectivity index (χ2n) is 6.10. The molecule has 1 nitrogen and oxygen atoms in total. The van der Waals surface area contributed by atoms with Crippen molar-refractivity contribution in [3.63, 3.8) is 0 Å². The van der Waals surface area contributed by atoms with E-state index >= 15 is 0 Å². The summed E-state index contributed by atoms with van der Waals surface area (Å²) in [5.74, 6) is 2.22. The molecule has 2 saturated heterocycles. The van der Waals surface area contributed by atoms with Crippen LogP contribution in [0.5, 0.6) is 0 Å². The van der Waals surface area contributed by atoms with Crippen molar-refractivity contribution >= 4 is 11.8 Å². The van der Waals surface area contributed by atoms with E-state index in [4.69, 9.17) is 4.74 Å². The molecule has 0 spiro atoms. The van der Waals surface area contributed by atoms with Gasteiger partial charge in [0.15, 0.2) is 0 Å². The molecule has 2 aliphatic heterocycles. The van der Waals surface area contributed by atoms with Gasteiger partial charge in [-0.1, -0.05) is 13.8 Å². The van der Waals surface area contributed by atoms with E-state index in [1.807, 2.05) is 11.8 Å². The molecule has 0 aromatic rings. The Bertz CT molecular complexity index is 203. The molecule has 0 aromatic heterocycles. The maximum atomic E-state index is 5.90. The van der Waals surface area contributed by atoms with Gasteiger partial charge < -0.3 is 4.74 Å². The van der Waals surface area contributed by atoms with E-state index in [0.717, 1.165) is 5.92 Å². The SMILES string of the molecule is CSCC(C)(C)CC1CC2CCC(C1)O2. The van der Waals surface area contributed by atoms with E-state index in [1.54, 1.807) is 0 Å². The molecule has 2 atom stereocenters. The summed E-state index contributed by atoms with van der Waals surface area (Å²) in [6.45, 7) is 4.84. The van der Waals surface area contributed by atoms with Crippen LogP contribution in [0.2, 0.25) is 0 Å². The molecule has 2 heteroatoms. The van der Waals surface area contributed by atoms with Crippen molar-refractivity contribution in [2.75, 3.05) is 12.0 Å². The summed E-state index contributed by atoms with van der Waals surface area (Å²) < 4.78 is 5.90. The average Bonchev–Trinajstić information content (AvgIpc) is 2.44. The summed E-state index contributed by atoms with van der Waals surface area (Å²) in [6, 6.07) is 0. The van der Waals surface area contributed by atoms with Crippen LogP contribution in [0.25, 0.3) is 0 Å². The number of rotatable bonds is 4. The third-order valence-electron chi connectivity index (χ3n) is 3.76. The van der Waals surface area contributed by atoms with Gasteiger partial charge in [0, 0.05) is 0 Å². The summed E-state index contributed by atoms with van der Waals surface area (Å²) >= 11 is 1.98. The highest BCUT2D eigenvalue weighted by Crippen LogP contribution is 2.41. The van der Waals surface area contributed by atoms with E-state index in [-0.39, 0.29) is 0 Å². The van der Waals surface area contributed by atoms with E-state index in [0.29, 0.717) is 17.6 Å². The highest BCUT2D eigenvalue weighted by atomic mass is 32.2. The molecule has 2 fully saturated rings. The van der Waals surface area contributed by atoms with Gasteiger partial charge in [-0.2, -0.15) is 11.8 Å². The topological polar surface area (TPSA) is 9.23 Å². The number of fused-ring (bicyclic) bond motifs is 2. The molecule has 15 heavy (non-hydrogen) atoms. The highest BCUT2D eigenvalue weighted by Gasteiger charge is 2.36. The first-order valence-electron chi connectivity index (χ1n) is 6.23. The Morgan fingerprint density at radius 3 is 2.33 bits per heavy atom. The molecule has 0 radical (unpaired) electrons. The van der Waals surface area contributed by atoms with Gasteiger partial charge in [-0.05, 0) is 55.4 Å². The molecule has 2 bridgehead atoms. The predicted octanol–water partition coefficient (Wildman–Crippen LogP) is 3.72. The van der Waals surface area contributed by atoms with Crippen LogP contribution in [0.15, 0.2) is 0 Å². The maximum Gasteiger partial charge on any atom is 0.0582 e. The largest absolute Gasteiger partial charge is 0.375 e. The summed E-state index contributed by atoms with van der Waals surface area (Å²) in [5.41, 5.74) is 0.515. The minimum absolute atomic E-state index is 0.515. The van der Waals surface area contributed by atoms with Gasteiger partial charge in [0.1, 0.15) is 0 Å². The first-order valence-corrected chi connectivity index (χ1v) is 7.63. The van der Waals surface area contributed by atoms with Crippen LogP contribution in [0, 0.1) is 11.3 Å². The summed E-state index contributed by atoms with van der Waals surface area (Å²) in [4.78, 5) is 0. The molecule has 0 N–H and O–H groups in total.